The van der Waals surface area contributed by atoms with Crippen LogP contribution in [0.5, 0.6) is 0 Å². The van der Waals surface area contributed by atoms with Crippen LogP contribution in [0.2, 0.25) is 5.02 Å². The number of Topliss-reactive ketones (excluding diaryl/α,β-unsaturated/α-hetero) is 1. The Kier molecular flexibility index (Phi) is 4.48. The summed E-state index contributed by atoms with van der Waals surface area (Å²) in [6.07, 6.45) is -2.58. The van der Waals surface area contributed by atoms with Crippen LogP contribution in [0, 0.1) is 0 Å². The minimum absolute atomic E-state index is 0.00655. The zero-order valence-corrected chi connectivity index (χ0v) is 9.16. The number of carbonyl (C=O) groups excluding carboxylic acids is 1. The summed E-state index contributed by atoms with van der Waals surface area (Å²) in [5, 5.41) is 0.00655. The highest BCUT2D eigenvalue weighted by Gasteiger charge is 2.13. The van der Waals surface area contributed by atoms with E-state index in [1.807, 2.05) is 0 Å². The van der Waals surface area contributed by atoms with Crippen molar-refractivity contribution in [1.82, 2.24) is 0 Å². The molecule has 1 rings (SSSR count). The molecular weight excluding hydrogens is 245 g/mol. The second-order valence-electron chi connectivity index (χ2n) is 3.01. The zero-order chi connectivity index (χ0) is 11.4. The molecule has 0 N–H and O–H groups in total. The standard InChI is InChI=1S/C10H8Cl2F2O/c11-5-7(15)3-6-1-2-9(12)8(4-6)10(13)14/h1-2,4,10H,3,5H2. The number of halogens is 4. The van der Waals surface area contributed by atoms with E-state index in [0.717, 1.165) is 0 Å². The molecule has 5 heteroatoms. The number of benzene rings is 1. The molecule has 0 unspecified atom stereocenters. The molecule has 0 saturated heterocycles. The molecule has 0 radical (unpaired) electrons. The molecule has 0 aliphatic carbocycles. The highest BCUT2D eigenvalue weighted by atomic mass is 35.5. The third kappa shape index (κ3) is 3.43. The first-order chi connectivity index (χ1) is 7.04. The Morgan fingerprint density at radius 1 is 1.40 bits per heavy atom. The quantitative estimate of drug-likeness (QED) is 0.749. The zero-order valence-electron chi connectivity index (χ0n) is 7.64. The van der Waals surface area contributed by atoms with Crippen molar-refractivity contribution in [3.63, 3.8) is 0 Å². The van der Waals surface area contributed by atoms with Crippen LogP contribution >= 0.6 is 23.2 Å². The van der Waals surface area contributed by atoms with Crippen molar-refractivity contribution in [3.05, 3.63) is 34.3 Å². The van der Waals surface area contributed by atoms with Gasteiger partial charge >= 0.3 is 0 Å². The largest absolute Gasteiger partial charge is 0.298 e. The van der Waals surface area contributed by atoms with Crippen molar-refractivity contribution in [3.8, 4) is 0 Å². The Hall–Kier alpha value is -0.670. The third-order valence-corrected chi connectivity index (χ3v) is 2.49. The summed E-state index contributed by atoms with van der Waals surface area (Å²) in [7, 11) is 0. The summed E-state index contributed by atoms with van der Waals surface area (Å²) < 4.78 is 24.9. The van der Waals surface area contributed by atoms with Crippen LogP contribution in [0.1, 0.15) is 17.6 Å². The number of ketones is 1. The lowest BCUT2D eigenvalue weighted by molar-refractivity contribution is -0.116. The third-order valence-electron chi connectivity index (χ3n) is 1.85. The second-order valence-corrected chi connectivity index (χ2v) is 3.68. The van der Waals surface area contributed by atoms with Crippen LogP contribution in [-0.2, 0) is 11.2 Å². The highest BCUT2D eigenvalue weighted by Crippen LogP contribution is 2.27. The second kappa shape index (κ2) is 5.42. The maximum atomic E-state index is 12.4. The molecular formula is C10H8Cl2F2O. The van der Waals surface area contributed by atoms with Crippen molar-refractivity contribution in [2.75, 3.05) is 5.88 Å². The number of alkyl halides is 3. The first-order valence-corrected chi connectivity index (χ1v) is 5.10. The van der Waals surface area contributed by atoms with E-state index >= 15 is 0 Å². The van der Waals surface area contributed by atoms with Gasteiger partial charge in [0.15, 0.2) is 5.78 Å². The number of rotatable bonds is 4. The number of hydrogen-bond donors (Lipinski definition) is 0. The van der Waals surface area contributed by atoms with E-state index in [1.54, 1.807) is 6.07 Å². The predicted octanol–water partition coefficient (Wildman–Crippen LogP) is 3.63. The molecule has 0 aliphatic heterocycles. The van der Waals surface area contributed by atoms with Crippen molar-refractivity contribution in [2.24, 2.45) is 0 Å². The molecule has 15 heavy (non-hydrogen) atoms. The van der Waals surface area contributed by atoms with Gasteiger partial charge in [-0.05, 0) is 17.7 Å². The fraction of sp³-hybridized carbons (Fsp3) is 0.300. The first-order valence-electron chi connectivity index (χ1n) is 4.18. The monoisotopic (exact) mass is 252 g/mol. The molecule has 0 spiro atoms. The van der Waals surface area contributed by atoms with Gasteiger partial charge in [0.1, 0.15) is 0 Å². The smallest absolute Gasteiger partial charge is 0.265 e. The van der Waals surface area contributed by atoms with Crippen LogP contribution in [-0.4, -0.2) is 11.7 Å². The Morgan fingerprint density at radius 2 is 2.07 bits per heavy atom. The minimum atomic E-state index is -2.64. The fourth-order valence-electron chi connectivity index (χ4n) is 1.15. The van der Waals surface area contributed by atoms with Gasteiger partial charge in [0.05, 0.1) is 5.88 Å². The van der Waals surface area contributed by atoms with E-state index in [9.17, 15) is 13.6 Å². The van der Waals surface area contributed by atoms with Gasteiger partial charge in [-0.3, -0.25) is 4.79 Å². The average Bonchev–Trinajstić information content (AvgIpc) is 2.20. The highest BCUT2D eigenvalue weighted by molar-refractivity contribution is 6.31. The summed E-state index contributed by atoms with van der Waals surface area (Å²) in [5.41, 5.74) is 0.247. The van der Waals surface area contributed by atoms with Crippen molar-refractivity contribution in [2.45, 2.75) is 12.8 Å². The Balaban J connectivity index is 2.92. The van der Waals surface area contributed by atoms with E-state index < -0.39 is 6.43 Å². The van der Waals surface area contributed by atoms with E-state index in [1.165, 1.54) is 12.1 Å². The summed E-state index contributed by atoms with van der Waals surface area (Å²) in [4.78, 5) is 11.0. The topological polar surface area (TPSA) is 17.1 Å². The van der Waals surface area contributed by atoms with E-state index in [-0.39, 0.29) is 28.7 Å². The van der Waals surface area contributed by atoms with Gasteiger partial charge in [0, 0.05) is 17.0 Å². The molecule has 1 nitrogen and oxygen atoms in total. The molecule has 0 heterocycles. The Morgan fingerprint density at radius 3 is 2.60 bits per heavy atom. The maximum Gasteiger partial charge on any atom is 0.265 e. The lowest BCUT2D eigenvalue weighted by atomic mass is 10.1. The van der Waals surface area contributed by atoms with E-state index in [2.05, 4.69) is 0 Å². The lowest BCUT2D eigenvalue weighted by Gasteiger charge is -2.05. The Labute approximate surface area is 96.0 Å². The molecule has 0 atom stereocenters. The number of carbonyl (C=O) groups is 1. The molecule has 1 aromatic rings. The minimum Gasteiger partial charge on any atom is -0.298 e. The van der Waals surface area contributed by atoms with Crippen LogP contribution in [0.25, 0.3) is 0 Å². The van der Waals surface area contributed by atoms with E-state index in [4.69, 9.17) is 23.2 Å². The van der Waals surface area contributed by atoms with Gasteiger partial charge in [-0.2, -0.15) is 0 Å². The molecule has 0 saturated carbocycles. The molecule has 0 bridgehead atoms. The van der Waals surface area contributed by atoms with Gasteiger partial charge in [-0.25, -0.2) is 8.78 Å². The van der Waals surface area contributed by atoms with Crippen LogP contribution in [0.15, 0.2) is 18.2 Å². The van der Waals surface area contributed by atoms with Gasteiger partial charge in [0.25, 0.3) is 6.43 Å². The normalized spacial score (nSPS) is 10.7. The SMILES string of the molecule is O=C(CCl)Cc1ccc(Cl)c(C(F)F)c1. The summed E-state index contributed by atoms with van der Waals surface area (Å²) in [5.74, 6) is -0.327. The summed E-state index contributed by atoms with van der Waals surface area (Å²) in [6, 6.07) is 4.13. The lowest BCUT2D eigenvalue weighted by Crippen LogP contribution is -2.04. The van der Waals surface area contributed by atoms with Gasteiger partial charge in [-0.15, -0.1) is 11.6 Å². The fourth-order valence-corrected chi connectivity index (χ4v) is 1.44. The number of hydrogen-bond acceptors (Lipinski definition) is 1. The average molecular weight is 253 g/mol. The molecule has 0 fully saturated rings. The van der Waals surface area contributed by atoms with Crippen LogP contribution in [0.4, 0.5) is 8.78 Å². The molecule has 0 amide bonds. The molecule has 0 aromatic heterocycles. The van der Waals surface area contributed by atoms with Gasteiger partial charge in [-0.1, -0.05) is 17.7 Å². The molecule has 1 aromatic carbocycles. The summed E-state index contributed by atoms with van der Waals surface area (Å²) in [6.45, 7) is 0. The predicted molar refractivity (Wildman–Crippen MR) is 55.8 cm³/mol. The van der Waals surface area contributed by atoms with Crippen molar-refractivity contribution >= 4 is 29.0 Å². The van der Waals surface area contributed by atoms with Gasteiger partial charge < -0.3 is 0 Å². The van der Waals surface area contributed by atoms with Crippen molar-refractivity contribution in [1.29, 1.82) is 0 Å². The molecule has 82 valence electrons. The van der Waals surface area contributed by atoms with E-state index in [0.29, 0.717) is 5.56 Å². The van der Waals surface area contributed by atoms with Crippen LogP contribution in [0.3, 0.4) is 0 Å². The first kappa shape index (κ1) is 12.4. The summed E-state index contributed by atoms with van der Waals surface area (Å²) >= 11 is 10.9. The van der Waals surface area contributed by atoms with Gasteiger partial charge in [0.2, 0.25) is 0 Å². The molecule has 0 aliphatic rings. The van der Waals surface area contributed by atoms with Crippen molar-refractivity contribution < 1.29 is 13.6 Å². The Bertz CT molecular complexity index is 366. The van der Waals surface area contributed by atoms with Crippen LogP contribution < -0.4 is 0 Å². The maximum absolute atomic E-state index is 12.4.